The quantitative estimate of drug-likeness (QED) is 0.790. The first kappa shape index (κ1) is 12.4. The first-order valence-electron chi connectivity index (χ1n) is 5.46. The average molecular weight is 250 g/mol. The SMILES string of the molecule is C=CC(F)(F)c1nc2c([nH]c1=O)=CC(C)C=CC=2. The number of rotatable bonds is 2. The van der Waals surface area contributed by atoms with E-state index in [2.05, 4.69) is 16.5 Å². The van der Waals surface area contributed by atoms with Crippen LogP contribution in [0, 0.1) is 5.92 Å². The molecule has 2 rings (SSSR count). The fourth-order valence-electron chi connectivity index (χ4n) is 1.69. The predicted molar refractivity (Wildman–Crippen MR) is 65.4 cm³/mol. The molecule has 1 aromatic rings. The standard InChI is InChI=1S/C13H12F2N2O/c1-3-13(14,15)11-12(18)17-10-7-8(2)5-4-6-9(10)16-11/h3-8H,1H2,2H3,(H,17,18). The normalized spacial score (nSPS) is 18.3. The molecule has 3 nitrogen and oxygen atoms in total. The van der Waals surface area contributed by atoms with Crippen molar-refractivity contribution >= 4 is 12.2 Å². The number of hydrogen-bond donors (Lipinski definition) is 1. The van der Waals surface area contributed by atoms with Crippen LogP contribution in [0.5, 0.6) is 0 Å². The third-order valence-electron chi connectivity index (χ3n) is 2.64. The molecule has 1 aliphatic rings. The van der Waals surface area contributed by atoms with Gasteiger partial charge in [0.15, 0.2) is 5.69 Å². The Labute approximate surface area is 102 Å². The molecule has 94 valence electrons. The summed E-state index contributed by atoms with van der Waals surface area (Å²) in [6.45, 7) is 4.94. The summed E-state index contributed by atoms with van der Waals surface area (Å²) in [5.41, 5.74) is -1.72. The number of nitrogens with one attached hydrogen (secondary N) is 1. The molecule has 0 spiro atoms. The lowest BCUT2D eigenvalue weighted by atomic mass is 10.1. The number of fused-ring (bicyclic) bond motifs is 1. The molecule has 1 aliphatic carbocycles. The number of nitrogens with zero attached hydrogens (tertiary/aromatic N) is 1. The monoisotopic (exact) mass is 250 g/mol. The maximum Gasteiger partial charge on any atom is 0.313 e. The fourth-order valence-corrected chi connectivity index (χ4v) is 1.69. The third-order valence-corrected chi connectivity index (χ3v) is 2.64. The van der Waals surface area contributed by atoms with E-state index in [1.54, 1.807) is 18.2 Å². The van der Waals surface area contributed by atoms with E-state index in [9.17, 15) is 13.6 Å². The van der Waals surface area contributed by atoms with Crippen molar-refractivity contribution in [2.24, 2.45) is 5.92 Å². The molecule has 0 bridgehead atoms. The summed E-state index contributed by atoms with van der Waals surface area (Å²) < 4.78 is 26.9. The van der Waals surface area contributed by atoms with Gasteiger partial charge in [0.1, 0.15) is 0 Å². The lowest BCUT2D eigenvalue weighted by molar-refractivity contribution is 0.0455. The fraction of sp³-hybridized carbons (Fsp3) is 0.231. The predicted octanol–water partition coefficient (Wildman–Crippen LogP) is 0.815. The van der Waals surface area contributed by atoms with Crippen LogP contribution in [0.15, 0.2) is 29.6 Å². The molecule has 1 N–H and O–H groups in total. The van der Waals surface area contributed by atoms with E-state index in [-0.39, 0.29) is 5.92 Å². The van der Waals surface area contributed by atoms with Crippen LogP contribution >= 0.6 is 0 Å². The van der Waals surface area contributed by atoms with Gasteiger partial charge in [-0.25, -0.2) is 4.98 Å². The van der Waals surface area contributed by atoms with Gasteiger partial charge in [-0.15, -0.1) is 0 Å². The number of aromatic amines is 1. The first-order chi connectivity index (χ1) is 8.44. The minimum atomic E-state index is -3.43. The first-order valence-corrected chi connectivity index (χ1v) is 5.46. The molecule has 0 aliphatic heterocycles. The van der Waals surface area contributed by atoms with Crippen LogP contribution in [-0.2, 0) is 5.92 Å². The lowest BCUT2D eigenvalue weighted by Crippen LogP contribution is -2.42. The van der Waals surface area contributed by atoms with Crippen LogP contribution in [-0.4, -0.2) is 9.97 Å². The Hall–Kier alpha value is -2.04. The highest BCUT2D eigenvalue weighted by Crippen LogP contribution is 2.23. The number of alkyl halides is 2. The highest BCUT2D eigenvalue weighted by molar-refractivity contribution is 5.42. The summed E-state index contributed by atoms with van der Waals surface area (Å²) in [5.74, 6) is -3.33. The Morgan fingerprint density at radius 2 is 2.28 bits per heavy atom. The second kappa shape index (κ2) is 4.33. The van der Waals surface area contributed by atoms with Crippen LogP contribution in [0.2, 0.25) is 0 Å². The molecular formula is C13H12F2N2O. The summed E-state index contributed by atoms with van der Waals surface area (Å²) in [7, 11) is 0. The number of halogens is 2. The minimum Gasteiger partial charge on any atom is -0.319 e. The summed E-state index contributed by atoms with van der Waals surface area (Å²) in [4.78, 5) is 17.8. The summed E-state index contributed by atoms with van der Waals surface area (Å²) >= 11 is 0. The third kappa shape index (κ3) is 2.16. The van der Waals surface area contributed by atoms with E-state index in [4.69, 9.17) is 0 Å². The molecule has 0 saturated carbocycles. The van der Waals surface area contributed by atoms with Crippen molar-refractivity contribution in [1.29, 1.82) is 0 Å². The van der Waals surface area contributed by atoms with Crippen LogP contribution in [0.25, 0.3) is 12.2 Å². The lowest BCUT2D eigenvalue weighted by Gasteiger charge is -2.08. The Kier molecular flexibility index (Phi) is 2.98. The van der Waals surface area contributed by atoms with Gasteiger partial charge in [0.05, 0.1) is 10.7 Å². The van der Waals surface area contributed by atoms with E-state index >= 15 is 0 Å². The maximum absolute atomic E-state index is 13.5. The number of H-pyrrole nitrogens is 1. The van der Waals surface area contributed by atoms with Crippen molar-refractivity contribution in [2.75, 3.05) is 0 Å². The van der Waals surface area contributed by atoms with Crippen LogP contribution in [0.3, 0.4) is 0 Å². The molecule has 5 heteroatoms. The van der Waals surface area contributed by atoms with Crippen LogP contribution in [0.1, 0.15) is 12.6 Å². The van der Waals surface area contributed by atoms with Gasteiger partial charge in [0, 0.05) is 0 Å². The highest BCUT2D eigenvalue weighted by atomic mass is 19.3. The Morgan fingerprint density at radius 1 is 1.56 bits per heavy atom. The number of aromatic nitrogens is 2. The molecule has 0 fully saturated rings. The molecule has 0 saturated heterocycles. The Bertz CT molecular complexity index is 686. The van der Waals surface area contributed by atoms with Crippen LogP contribution in [0.4, 0.5) is 8.78 Å². The van der Waals surface area contributed by atoms with Gasteiger partial charge in [-0.1, -0.05) is 31.7 Å². The minimum absolute atomic E-state index is 0.103. The molecule has 0 radical (unpaired) electrons. The zero-order valence-electron chi connectivity index (χ0n) is 9.78. The number of allylic oxidation sites excluding steroid dienone is 3. The van der Waals surface area contributed by atoms with E-state index in [0.29, 0.717) is 16.8 Å². The maximum atomic E-state index is 13.5. The van der Waals surface area contributed by atoms with E-state index in [1.165, 1.54) is 0 Å². The smallest absolute Gasteiger partial charge is 0.313 e. The highest BCUT2D eigenvalue weighted by Gasteiger charge is 2.32. The molecule has 1 heterocycles. The van der Waals surface area contributed by atoms with Gasteiger partial charge in [-0.3, -0.25) is 4.79 Å². The van der Waals surface area contributed by atoms with Crippen molar-refractivity contribution in [3.63, 3.8) is 0 Å². The van der Waals surface area contributed by atoms with Crippen molar-refractivity contribution in [3.05, 3.63) is 51.6 Å². The van der Waals surface area contributed by atoms with Gasteiger partial charge in [-0.2, -0.15) is 8.78 Å². The molecule has 1 aromatic heterocycles. The second-order valence-corrected chi connectivity index (χ2v) is 4.12. The molecule has 18 heavy (non-hydrogen) atoms. The summed E-state index contributed by atoms with van der Waals surface area (Å²) in [6.07, 6.45) is 7.38. The van der Waals surface area contributed by atoms with E-state index in [0.717, 1.165) is 0 Å². The Morgan fingerprint density at radius 3 is 2.94 bits per heavy atom. The van der Waals surface area contributed by atoms with Gasteiger partial charge in [0.25, 0.3) is 5.56 Å². The molecule has 1 atom stereocenters. The van der Waals surface area contributed by atoms with Gasteiger partial charge in [-0.05, 0) is 18.1 Å². The van der Waals surface area contributed by atoms with E-state index < -0.39 is 17.2 Å². The van der Waals surface area contributed by atoms with Crippen molar-refractivity contribution in [1.82, 2.24) is 9.97 Å². The van der Waals surface area contributed by atoms with Gasteiger partial charge in [0.2, 0.25) is 0 Å². The van der Waals surface area contributed by atoms with Gasteiger partial charge >= 0.3 is 5.92 Å². The summed E-state index contributed by atoms with van der Waals surface area (Å²) in [6, 6.07) is 0. The second-order valence-electron chi connectivity index (χ2n) is 4.12. The molecular weight excluding hydrogens is 238 g/mol. The van der Waals surface area contributed by atoms with Crippen molar-refractivity contribution in [2.45, 2.75) is 12.8 Å². The topological polar surface area (TPSA) is 45.8 Å². The van der Waals surface area contributed by atoms with E-state index in [1.807, 2.05) is 13.0 Å². The van der Waals surface area contributed by atoms with Gasteiger partial charge < -0.3 is 4.98 Å². The zero-order chi connectivity index (χ0) is 13.3. The summed E-state index contributed by atoms with van der Waals surface area (Å²) in [5, 5.41) is 0.785. The van der Waals surface area contributed by atoms with Crippen molar-refractivity contribution < 1.29 is 8.78 Å². The molecule has 1 unspecified atom stereocenters. The Balaban J connectivity index is 2.78. The zero-order valence-corrected chi connectivity index (χ0v) is 9.78. The largest absolute Gasteiger partial charge is 0.319 e. The molecule has 0 amide bonds. The average Bonchev–Trinajstić information content (AvgIpc) is 2.48. The number of hydrogen-bond acceptors (Lipinski definition) is 2. The molecule has 0 aromatic carbocycles. The van der Waals surface area contributed by atoms with Crippen LogP contribution < -0.4 is 16.3 Å². The van der Waals surface area contributed by atoms with Crippen molar-refractivity contribution in [3.8, 4) is 0 Å².